The van der Waals surface area contributed by atoms with Gasteiger partial charge >= 0.3 is 0 Å². The van der Waals surface area contributed by atoms with Gasteiger partial charge in [0.15, 0.2) is 0 Å². The SMILES string of the molecule is CNCc1cc(-c2cc(F)ccc2OC)cs1. The number of ether oxygens (including phenoxy) is 1. The topological polar surface area (TPSA) is 21.3 Å². The lowest BCUT2D eigenvalue weighted by Crippen LogP contribution is -2.02. The predicted octanol–water partition coefficient (Wildman–Crippen LogP) is 3.28. The highest BCUT2D eigenvalue weighted by Gasteiger charge is 2.09. The Balaban J connectivity index is 2.40. The largest absolute Gasteiger partial charge is 0.496 e. The monoisotopic (exact) mass is 251 g/mol. The van der Waals surface area contributed by atoms with E-state index in [1.807, 2.05) is 12.4 Å². The number of benzene rings is 1. The standard InChI is InChI=1S/C13H14FNOS/c1-15-7-11-5-9(8-17-11)12-6-10(14)3-4-13(12)16-2/h3-6,8,15H,7H2,1-2H3. The summed E-state index contributed by atoms with van der Waals surface area (Å²) in [5.74, 6) is 0.447. The molecule has 0 fully saturated rings. The van der Waals surface area contributed by atoms with Crippen LogP contribution in [0.2, 0.25) is 0 Å². The first-order valence-corrected chi connectivity index (χ1v) is 6.18. The van der Waals surface area contributed by atoms with Crippen molar-refractivity contribution in [2.45, 2.75) is 6.54 Å². The summed E-state index contributed by atoms with van der Waals surface area (Å²) in [6.45, 7) is 0.822. The fourth-order valence-corrected chi connectivity index (χ4v) is 2.59. The second-order valence-electron chi connectivity index (χ2n) is 3.68. The van der Waals surface area contributed by atoms with Crippen molar-refractivity contribution in [1.82, 2.24) is 5.32 Å². The number of halogens is 1. The summed E-state index contributed by atoms with van der Waals surface area (Å²) in [5, 5.41) is 5.11. The molecule has 0 aliphatic rings. The summed E-state index contributed by atoms with van der Waals surface area (Å²) in [5.41, 5.74) is 1.79. The molecule has 1 N–H and O–H groups in total. The third-order valence-electron chi connectivity index (χ3n) is 2.48. The van der Waals surface area contributed by atoms with Gasteiger partial charge in [0.1, 0.15) is 11.6 Å². The first-order valence-electron chi connectivity index (χ1n) is 5.30. The Morgan fingerprint density at radius 1 is 1.35 bits per heavy atom. The lowest BCUT2D eigenvalue weighted by Gasteiger charge is -2.06. The number of hydrogen-bond acceptors (Lipinski definition) is 3. The first-order chi connectivity index (χ1) is 8.24. The zero-order chi connectivity index (χ0) is 12.3. The van der Waals surface area contributed by atoms with Gasteiger partial charge in [-0.25, -0.2) is 4.39 Å². The highest BCUT2D eigenvalue weighted by molar-refractivity contribution is 7.10. The second-order valence-corrected chi connectivity index (χ2v) is 4.67. The molecule has 1 aromatic heterocycles. The molecule has 2 rings (SSSR count). The first kappa shape index (κ1) is 12.1. The molecule has 2 aromatic rings. The Bertz CT molecular complexity index is 510. The molecule has 17 heavy (non-hydrogen) atoms. The molecule has 0 unspecified atom stereocenters. The van der Waals surface area contributed by atoms with Crippen molar-refractivity contribution in [3.05, 3.63) is 40.3 Å². The van der Waals surface area contributed by atoms with Crippen molar-refractivity contribution < 1.29 is 9.13 Å². The molecule has 0 saturated carbocycles. The maximum absolute atomic E-state index is 13.3. The van der Waals surface area contributed by atoms with Gasteiger partial charge in [0.2, 0.25) is 0 Å². The summed E-state index contributed by atoms with van der Waals surface area (Å²) in [4.78, 5) is 1.22. The normalized spacial score (nSPS) is 10.5. The summed E-state index contributed by atoms with van der Waals surface area (Å²) in [6, 6.07) is 6.62. The molecule has 0 aliphatic carbocycles. The van der Waals surface area contributed by atoms with Crippen LogP contribution in [-0.2, 0) is 6.54 Å². The van der Waals surface area contributed by atoms with E-state index in [9.17, 15) is 4.39 Å². The minimum Gasteiger partial charge on any atom is -0.496 e. The van der Waals surface area contributed by atoms with E-state index < -0.39 is 0 Å². The van der Waals surface area contributed by atoms with Crippen LogP contribution in [0.1, 0.15) is 4.88 Å². The van der Waals surface area contributed by atoms with E-state index in [0.717, 1.165) is 17.7 Å². The van der Waals surface area contributed by atoms with Gasteiger partial charge in [-0.1, -0.05) is 0 Å². The third kappa shape index (κ3) is 2.65. The molecule has 1 aromatic carbocycles. The van der Waals surface area contributed by atoms with E-state index in [0.29, 0.717) is 5.75 Å². The quantitative estimate of drug-likeness (QED) is 0.900. The highest BCUT2D eigenvalue weighted by atomic mass is 32.1. The molecule has 90 valence electrons. The van der Waals surface area contributed by atoms with Crippen molar-refractivity contribution in [3.8, 4) is 16.9 Å². The molecule has 0 aliphatic heterocycles. The Labute approximate surface area is 104 Å². The molecule has 0 atom stereocenters. The Morgan fingerprint density at radius 2 is 2.18 bits per heavy atom. The molecule has 2 nitrogen and oxygen atoms in total. The van der Waals surface area contributed by atoms with Crippen LogP contribution in [0, 0.1) is 5.82 Å². The number of methoxy groups -OCH3 is 1. The molecule has 0 radical (unpaired) electrons. The Hall–Kier alpha value is -1.39. The number of thiophene rings is 1. The maximum Gasteiger partial charge on any atom is 0.126 e. The molecule has 4 heteroatoms. The molecule has 1 heterocycles. The third-order valence-corrected chi connectivity index (χ3v) is 3.41. The van der Waals surface area contributed by atoms with Crippen LogP contribution in [0.25, 0.3) is 11.1 Å². The lowest BCUT2D eigenvalue weighted by molar-refractivity contribution is 0.415. The van der Waals surface area contributed by atoms with E-state index in [1.165, 1.54) is 17.0 Å². The van der Waals surface area contributed by atoms with Crippen LogP contribution >= 0.6 is 11.3 Å². The highest BCUT2D eigenvalue weighted by Crippen LogP contribution is 2.33. The van der Waals surface area contributed by atoms with E-state index >= 15 is 0 Å². The summed E-state index contributed by atoms with van der Waals surface area (Å²) in [7, 11) is 3.50. The van der Waals surface area contributed by atoms with E-state index in [2.05, 4.69) is 11.4 Å². The average molecular weight is 251 g/mol. The van der Waals surface area contributed by atoms with E-state index in [-0.39, 0.29) is 5.82 Å². The van der Waals surface area contributed by atoms with Crippen molar-refractivity contribution >= 4 is 11.3 Å². The van der Waals surface area contributed by atoms with Crippen LogP contribution in [0.15, 0.2) is 29.6 Å². The van der Waals surface area contributed by atoms with Crippen LogP contribution in [0.5, 0.6) is 5.75 Å². The predicted molar refractivity (Wildman–Crippen MR) is 69.0 cm³/mol. The summed E-state index contributed by atoms with van der Waals surface area (Å²) < 4.78 is 18.5. The van der Waals surface area contributed by atoms with E-state index in [1.54, 1.807) is 24.5 Å². The van der Waals surface area contributed by atoms with Gasteiger partial charge in [-0.05, 0) is 42.3 Å². The lowest BCUT2D eigenvalue weighted by atomic mass is 10.1. The minimum absolute atomic E-state index is 0.248. The van der Waals surface area contributed by atoms with E-state index in [4.69, 9.17) is 4.74 Å². The molecular formula is C13H14FNOS. The van der Waals surface area contributed by atoms with Crippen molar-refractivity contribution in [2.24, 2.45) is 0 Å². The fraction of sp³-hybridized carbons (Fsp3) is 0.231. The second kappa shape index (κ2) is 5.29. The number of nitrogens with one attached hydrogen (secondary N) is 1. The Kier molecular flexibility index (Phi) is 3.76. The van der Waals surface area contributed by atoms with Crippen molar-refractivity contribution in [2.75, 3.05) is 14.2 Å². The minimum atomic E-state index is -0.248. The zero-order valence-corrected chi connectivity index (χ0v) is 10.6. The van der Waals surface area contributed by atoms with Gasteiger partial charge in [-0.2, -0.15) is 0 Å². The summed E-state index contributed by atoms with van der Waals surface area (Å²) in [6.07, 6.45) is 0. The van der Waals surface area contributed by atoms with Gasteiger partial charge in [-0.3, -0.25) is 0 Å². The molecule has 0 saturated heterocycles. The number of rotatable bonds is 4. The molecule has 0 bridgehead atoms. The summed E-state index contributed by atoms with van der Waals surface area (Å²) >= 11 is 1.65. The zero-order valence-electron chi connectivity index (χ0n) is 9.79. The van der Waals surface area contributed by atoms with Gasteiger partial charge in [0, 0.05) is 17.0 Å². The molecule has 0 spiro atoms. The molecule has 0 amide bonds. The van der Waals surface area contributed by atoms with Crippen LogP contribution in [-0.4, -0.2) is 14.2 Å². The van der Waals surface area contributed by atoms with Gasteiger partial charge in [-0.15, -0.1) is 11.3 Å². The Morgan fingerprint density at radius 3 is 2.88 bits per heavy atom. The maximum atomic E-state index is 13.3. The smallest absolute Gasteiger partial charge is 0.126 e. The van der Waals surface area contributed by atoms with Gasteiger partial charge in [0.05, 0.1) is 7.11 Å². The van der Waals surface area contributed by atoms with Crippen molar-refractivity contribution in [1.29, 1.82) is 0 Å². The van der Waals surface area contributed by atoms with Gasteiger partial charge < -0.3 is 10.1 Å². The average Bonchev–Trinajstić information content (AvgIpc) is 2.78. The van der Waals surface area contributed by atoms with Gasteiger partial charge in [0.25, 0.3) is 0 Å². The van der Waals surface area contributed by atoms with Crippen LogP contribution in [0.3, 0.4) is 0 Å². The van der Waals surface area contributed by atoms with Crippen molar-refractivity contribution in [3.63, 3.8) is 0 Å². The van der Waals surface area contributed by atoms with Crippen LogP contribution < -0.4 is 10.1 Å². The molecular weight excluding hydrogens is 237 g/mol. The fourth-order valence-electron chi connectivity index (χ4n) is 1.69. The van der Waals surface area contributed by atoms with Crippen LogP contribution in [0.4, 0.5) is 4.39 Å². The number of hydrogen-bond donors (Lipinski definition) is 1.